The number of rotatable bonds is 6. The minimum absolute atomic E-state index is 0.889. The van der Waals surface area contributed by atoms with Crippen LogP contribution in [0.2, 0.25) is 0 Å². The Hall–Kier alpha value is -2.49. The summed E-state index contributed by atoms with van der Waals surface area (Å²) in [4.78, 5) is 7.05. The molecule has 0 saturated heterocycles. The van der Waals surface area contributed by atoms with Gasteiger partial charge in [0.1, 0.15) is 0 Å². The highest BCUT2D eigenvalue weighted by Gasteiger charge is 2.09. The van der Waals surface area contributed by atoms with Gasteiger partial charge in [-0.15, -0.1) is 0 Å². The molecule has 120 valence electrons. The van der Waals surface area contributed by atoms with Gasteiger partial charge in [-0.3, -0.25) is 0 Å². The molecule has 0 spiro atoms. The number of imidazole rings is 1. The normalized spacial score (nSPS) is 10.9. The van der Waals surface area contributed by atoms with Crippen molar-refractivity contribution in [3.63, 3.8) is 0 Å². The molecule has 0 aliphatic carbocycles. The molecule has 0 saturated carbocycles. The second kappa shape index (κ2) is 6.73. The first-order chi connectivity index (χ1) is 11.3. The molecular weight excluding hydrogens is 284 g/mol. The molecule has 0 amide bonds. The van der Waals surface area contributed by atoms with Crippen molar-refractivity contribution in [2.75, 3.05) is 23.3 Å². The summed E-state index contributed by atoms with van der Waals surface area (Å²) in [6.45, 7) is 9.44. The number of aromatic nitrogens is 2. The molecule has 23 heavy (non-hydrogen) atoms. The molecular formula is C19H24N4. The van der Waals surface area contributed by atoms with Crippen LogP contribution in [0.1, 0.15) is 20.8 Å². The predicted molar refractivity (Wildman–Crippen MR) is 98.7 cm³/mol. The van der Waals surface area contributed by atoms with Crippen molar-refractivity contribution in [1.29, 1.82) is 0 Å². The Bertz CT molecular complexity index is 770. The molecule has 0 unspecified atom stereocenters. The second-order valence-corrected chi connectivity index (χ2v) is 5.51. The molecule has 4 heteroatoms. The number of hydrogen-bond donors (Lipinski definition) is 1. The number of hydrogen-bond acceptors (Lipinski definition) is 3. The zero-order valence-electron chi connectivity index (χ0n) is 14.1. The van der Waals surface area contributed by atoms with E-state index in [1.807, 2.05) is 6.07 Å². The van der Waals surface area contributed by atoms with Crippen LogP contribution in [0.25, 0.3) is 11.0 Å². The van der Waals surface area contributed by atoms with Gasteiger partial charge in [0.15, 0.2) is 0 Å². The zero-order chi connectivity index (χ0) is 16.2. The first-order valence-corrected chi connectivity index (χ1v) is 8.34. The molecule has 2 aromatic carbocycles. The van der Waals surface area contributed by atoms with Crippen LogP contribution in [0.3, 0.4) is 0 Å². The molecule has 0 atom stereocenters. The lowest BCUT2D eigenvalue weighted by Gasteiger charge is -2.21. The van der Waals surface area contributed by atoms with Crippen LogP contribution in [0.5, 0.6) is 0 Å². The molecule has 3 aromatic rings. The van der Waals surface area contributed by atoms with E-state index in [0.29, 0.717) is 0 Å². The van der Waals surface area contributed by atoms with E-state index < -0.39 is 0 Å². The maximum atomic E-state index is 4.71. The van der Waals surface area contributed by atoms with Gasteiger partial charge in [0, 0.05) is 31.0 Å². The highest BCUT2D eigenvalue weighted by atomic mass is 15.2. The lowest BCUT2D eigenvalue weighted by Crippen LogP contribution is -2.21. The van der Waals surface area contributed by atoms with Crippen LogP contribution in [-0.4, -0.2) is 22.6 Å². The highest BCUT2D eigenvalue weighted by molar-refractivity contribution is 5.79. The molecule has 0 radical (unpaired) electrons. The van der Waals surface area contributed by atoms with Crippen molar-refractivity contribution in [3.8, 4) is 0 Å². The van der Waals surface area contributed by atoms with Crippen molar-refractivity contribution >= 4 is 28.4 Å². The summed E-state index contributed by atoms with van der Waals surface area (Å²) in [5, 5.41) is 3.45. The molecule has 0 fully saturated rings. The fourth-order valence-electron chi connectivity index (χ4n) is 2.96. The van der Waals surface area contributed by atoms with Gasteiger partial charge >= 0.3 is 0 Å². The first kappa shape index (κ1) is 15.4. The van der Waals surface area contributed by atoms with Crippen LogP contribution in [-0.2, 0) is 6.54 Å². The number of anilines is 3. The Morgan fingerprint density at radius 1 is 0.957 bits per heavy atom. The van der Waals surface area contributed by atoms with E-state index in [2.05, 4.69) is 78.0 Å². The van der Waals surface area contributed by atoms with E-state index in [1.165, 1.54) is 5.69 Å². The fraction of sp³-hybridized carbons (Fsp3) is 0.316. The molecule has 3 rings (SSSR count). The average molecular weight is 308 g/mol. The van der Waals surface area contributed by atoms with E-state index in [0.717, 1.165) is 42.3 Å². The van der Waals surface area contributed by atoms with Gasteiger partial charge in [0.05, 0.1) is 11.0 Å². The minimum atomic E-state index is 0.889. The lowest BCUT2D eigenvalue weighted by atomic mass is 10.2. The number of benzene rings is 2. The number of nitrogens with one attached hydrogen (secondary N) is 1. The third-order valence-corrected chi connectivity index (χ3v) is 4.22. The van der Waals surface area contributed by atoms with Gasteiger partial charge in [-0.25, -0.2) is 4.98 Å². The zero-order valence-corrected chi connectivity index (χ0v) is 14.1. The van der Waals surface area contributed by atoms with Gasteiger partial charge in [-0.2, -0.15) is 0 Å². The van der Waals surface area contributed by atoms with Crippen molar-refractivity contribution in [3.05, 3.63) is 48.5 Å². The number of nitrogens with zero attached hydrogens (tertiary/aromatic N) is 3. The summed E-state index contributed by atoms with van der Waals surface area (Å²) in [5.74, 6) is 0.893. The van der Waals surface area contributed by atoms with Crippen LogP contribution >= 0.6 is 0 Å². The van der Waals surface area contributed by atoms with Gasteiger partial charge in [-0.1, -0.05) is 12.1 Å². The highest BCUT2D eigenvalue weighted by Crippen LogP contribution is 2.24. The number of aryl methyl sites for hydroxylation is 1. The Morgan fingerprint density at radius 3 is 2.30 bits per heavy atom. The molecule has 4 nitrogen and oxygen atoms in total. The van der Waals surface area contributed by atoms with Crippen molar-refractivity contribution in [2.45, 2.75) is 27.3 Å². The minimum Gasteiger partial charge on any atom is -0.372 e. The molecule has 1 heterocycles. The summed E-state index contributed by atoms with van der Waals surface area (Å²) < 4.78 is 2.20. The Balaban J connectivity index is 1.87. The van der Waals surface area contributed by atoms with Gasteiger partial charge in [0.2, 0.25) is 5.95 Å². The Kier molecular flexibility index (Phi) is 4.51. The van der Waals surface area contributed by atoms with E-state index in [9.17, 15) is 0 Å². The molecule has 0 aliphatic heterocycles. The summed E-state index contributed by atoms with van der Waals surface area (Å²) in [6, 6.07) is 16.8. The average Bonchev–Trinajstić information content (AvgIpc) is 2.94. The van der Waals surface area contributed by atoms with E-state index in [4.69, 9.17) is 4.98 Å². The maximum Gasteiger partial charge on any atom is 0.208 e. The SMILES string of the molecule is CCN(CC)c1ccc(Nc2nc3ccccc3n2CC)cc1. The molecule has 0 aliphatic rings. The first-order valence-electron chi connectivity index (χ1n) is 8.34. The maximum absolute atomic E-state index is 4.71. The fourth-order valence-corrected chi connectivity index (χ4v) is 2.96. The van der Waals surface area contributed by atoms with E-state index in [-0.39, 0.29) is 0 Å². The molecule has 1 N–H and O–H groups in total. The van der Waals surface area contributed by atoms with Gasteiger partial charge < -0.3 is 14.8 Å². The Morgan fingerprint density at radius 2 is 1.65 bits per heavy atom. The topological polar surface area (TPSA) is 33.1 Å². The Labute approximate surface area is 137 Å². The van der Waals surface area contributed by atoms with Crippen molar-refractivity contribution < 1.29 is 0 Å². The van der Waals surface area contributed by atoms with E-state index >= 15 is 0 Å². The predicted octanol–water partition coefficient (Wildman–Crippen LogP) is 4.65. The summed E-state index contributed by atoms with van der Waals surface area (Å²) in [7, 11) is 0. The number of para-hydroxylation sites is 2. The standard InChI is InChI=1S/C19H24N4/c1-4-22(5-2)16-13-11-15(12-14-16)20-19-21-17-9-7-8-10-18(17)23(19)6-3/h7-14H,4-6H2,1-3H3,(H,20,21). The second-order valence-electron chi connectivity index (χ2n) is 5.51. The van der Waals surface area contributed by atoms with E-state index in [1.54, 1.807) is 0 Å². The summed E-state index contributed by atoms with van der Waals surface area (Å²) in [6.07, 6.45) is 0. The summed E-state index contributed by atoms with van der Waals surface area (Å²) >= 11 is 0. The third kappa shape index (κ3) is 3.02. The molecule has 0 bridgehead atoms. The lowest BCUT2D eigenvalue weighted by molar-refractivity contribution is 0.797. The number of fused-ring (bicyclic) bond motifs is 1. The van der Waals surface area contributed by atoms with Crippen LogP contribution in [0.4, 0.5) is 17.3 Å². The van der Waals surface area contributed by atoms with Crippen molar-refractivity contribution in [1.82, 2.24) is 9.55 Å². The quantitative estimate of drug-likeness (QED) is 0.720. The molecule has 1 aromatic heterocycles. The third-order valence-electron chi connectivity index (χ3n) is 4.22. The summed E-state index contributed by atoms with van der Waals surface area (Å²) in [5.41, 5.74) is 4.50. The van der Waals surface area contributed by atoms with Crippen molar-refractivity contribution in [2.24, 2.45) is 0 Å². The monoisotopic (exact) mass is 308 g/mol. The van der Waals surface area contributed by atoms with Gasteiger partial charge in [-0.05, 0) is 57.2 Å². The smallest absolute Gasteiger partial charge is 0.208 e. The van der Waals surface area contributed by atoms with Crippen LogP contribution in [0, 0.1) is 0 Å². The largest absolute Gasteiger partial charge is 0.372 e. The van der Waals surface area contributed by atoms with Crippen LogP contribution in [0.15, 0.2) is 48.5 Å². The van der Waals surface area contributed by atoms with Gasteiger partial charge in [0.25, 0.3) is 0 Å². The van der Waals surface area contributed by atoms with Crippen LogP contribution < -0.4 is 10.2 Å².